The molecule has 0 saturated heterocycles. The lowest BCUT2D eigenvalue weighted by molar-refractivity contribution is -0.114. The molecule has 0 spiro atoms. The van der Waals surface area contributed by atoms with Crippen molar-refractivity contribution in [2.75, 3.05) is 5.32 Å². The second-order valence-electron chi connectivity index (χ2n) is 6.67. The Balaban J connectivity index is 1.56. The first-order valence-electron chi connectivity index (χ1n) is 9.33. The van der Waals surface area contributed by atoms with Crippen LogP contribution in [0.4, 0.5) is 5.69 Å². The first-order valence-corrected chi connectivity index (χ1v) is 9.33. The highest BCUT2D eigenvalue weighted by atomic mass is 16.5. The van der Waals surface area contributed by atoms with E-state index in [1.165, 1.54) is 6.92 Å². The fourth-order valence-corrected chi connectivity index (χ4v) is 2.86. The number of rotatable bonds is 8. The maximum absolute atomic E-state index is 11.2. The molecule has 3 aromatic rings. The van der Waals surface area contributed by atoms with Gasteiger partial charge in [0.2, 0.25) is 5.91 Å². The molecular formula is C23H25N3O2. The Hall–Kier alpha value is -3.18. The highest BCUT2D eigenvalue weighted by Crippen LogP contribution is 2.19. The minimum Gasteiger partial charge on any atom is -0.487 e. The molecule has 0 saturated carbocycles. The van der Waals surface area contributed by atoms with Crippen molar-refractivity contribution in [3.63, 3.8) is 0 Å². The number of hydrogen-bond acceptors (Lipinski definition) is 4. The number of amides is 1. The van der Waals surface area contributed by atoms with Crippen LogP contribution in [0.5, 0.6) is 5.75 Å². The van der Waals surface area contributed by atoms with Gasteiger partial charge in [0.1, 0.15) is 12.4 Å². The predicted molar refractivity (Wildman–Crippen MR) is 111 cm³/mol. The molecule has 1 heterocycles. The Kier molecular flexibility index (Phi) is 6.76. The third kappa shape index (κ3) is 5.93. The zero-order chi connectivity index (χ0) is 19.8. The molecule has 5 heteroatoms. The number of benzene rings is 2. The van der Waals surface area contributed by atoms with Gasteiger partial charge in [0.15, 0.2) is 0 Å². The van der Waals surface area contributed by atoms with Crippen molar-refractivity contribution in [3.05, 3.63) is 89.7 Å². The first-order chi connectivity index (χ1) is 13.6. The number of carbonyl (C=O) groups excluding carboxylic acids is 1. The van der Waals surface area contributed by atoms with Crippen molar-refractivity contribution in [3.8, 4) is 5.75 Å². The van der Waals surface area contributed by atoms with Crippen LogP contribution in [0.1, 0.15) is 36.7 Å². The number of anilines is 1. The van der Waals surface area contributed by atoms with E-state index in [9.17, 15) is 4.79 Å². The Bertz CT molecular complexity index is 912. The van der Waals surface area contributed by atoms with Crippen molar-refractivity contribution in [1.29, 1.82) is 0 Å². The Morgan fingerprint density at radius 2 is 1.93 bits per heavy atom. The first kappa shape index (κ1) is 19.6. The zero-order valence-electron chi connectivity index (χ0n) is 16.2. The summed E-state index contributed by atoms with van der Waals surface area (Å²) < 4.78 is 5.85. The molecule has 0 radical (unpaired) electrons. The number of ether oxygens (including phenoxy) is 1. The van der Waals surface area contributed by atoms with Gasteiger partial charge in [0.25, 0.3) is 0 Å². The van der Waals surface area contributed by atoms with Crippen LogP contribution in [0.3, 0.4) is 0 Å². The van der Waals surface area contributed by atoms with Crippen LogP contribution in [0.25, 0.3) is 0 Å². The van der Waals surface area contributed by atoms with E-state index >= 15 is 0 Å². The Morgan fingerprint density at radius 3 is 2.71 bits per heavy atom. The van der Waals surface area contributed by atoms with Crippen LogP contribution in [0.2, 0.25) is 0 Å². The Labute approximate surface area is 165 Å². The molecule has 2 N–H and O–H groups in total. The van der Waals surface area contributed by atoms with Crippen LogP contribution >= 0.6 is 0 Å². The number of nitrogens with zero attached hydrogens (tertiary/aromatic N) is 1. The molecule has 28 heavy (non-hydrogen) atoms. The average Bonchev–Trinajstić information content (AvgIpc) is 2.71. The van der Waals surface area contributed by atoms with Crippen molar-refractivity contribution in [1.82, 2.24) is 10.3 Å². The van der Waals surface area contributed by atoms with E-state index in [0.29, 0.717) is 13.2 Å². The van der Waals surface area contributed by atoms with Crippen LogP contribution in [0, 0.1) is 0 Å². The van der Waals surface area contributed by atoms with Crippen molar-refractivity contribution in [2.24, 2.45) is 0 Å². The predicted octanol–water partition coefficient (Wildman–Crippen LogP) is 4.47. The maximum atomic E-state index is 11.2. The summed E-state index contributed by atoms with van der Waals surface area (Å²) in [6.07, 6.45) is 1.77. The number of carbonyl (C=O) groups is 1. The molecule has 1 aromatic heterocycles. The highest BCUT2D eigenvalue weighted by molar-refractivity contribution is 5.88. The summed E-state index contributed by atoms with van der Waals surface area (Å²) in [4.78, 5) is 15.5. The lowest BCUT2D eigenvalue weighted by Crippen LogP contribution is -2.18. The van der Waals surface area contributed by atoms with Crippen LogP contribution in [-0.2, 0) is 17.9 Å². The van der Waals surface area contributed by atoms with E-state index in [4.69, 9.17) is 4.74 Å². The van der Waals surface area contributed by atoms with Crippen molar-refractivity contribution < 1.29 is 9.53 Å². The Morgan fingerprint density at radius 1 is 1.07 bits per heavy atom. The van der Waals surface area contributed by atoms with E-state index in [1.54, 1.807) is 6.20 Å². The third-order valence-corrected chi connectivity index (χ3v) is 4.33. The molecule has 144 valence electrons. The summed E-state index contributed by atoms with van der Waals surface area (Å²) in [5, 5.41) is 6.34. The molecule has 1 amide bonds. The molecule has 1 atom stereocenters. The highest BCUT2D eigenvalue weighted by Gasteiger charge is 2.07. The van der Waals surface area contributed by atoms with Gasteiger partial charge in [-0.2, -0.15) is 0 Å². The molecule has 0 aliphatic carbocycles. The van der Waals surface area contributed by atoms with Gasteiger partial charge in [0, 0.05) is 31.4 Å². The smallest absolute Gasteiger partial charge is 0.221 e. The summed E-state index contributed by atoms with van der Waals surface area (Å²) in [7, 11) is 0. The lowest BCUT2D eigenvalue weighted by Gasteiger charge is -2.16. The molecule has 2 aromatic carbocycles. The van der Waals surface area contributed by atoms with Gasteiger partial charge < -0.3 is 15.4 Å². The summed E-state index contributed by atoms with van der Waals surface area (Å²) >= 11 is 0. The lowest BCUT2D eigenvalue weighted by atomic mass is 10.1. The van der Waals surface area contributed by atoms with E-state index in [2.05, 4.69) is 34.7 Å². The van der Waals surface area contributed by atoms with E-state index < -0.39 is 0 Å². The van der Waals surface area contributed by atoms with E-state index in [0.717, 1.165) is 28.3 Å². The van der Waals surface area contributed by atoms with Gasteiger partial charge in [-0.15, -0.1) is 0 Å². The van der Waals surface area contributed by atoms with Crippen molar-refractivity contribution >= 4 is 11.6 Å². The molecule has 0 aliphatic heterocycles. The molecule has 3 rings (SSSR count). The second-order valence-corrected chi connectivity index (χ2v) is 6.67. The number of hydrogen-bond donors (Lipinski definition) is 2. The second kappa shape index (κ2) is 9.67. The number of pyridine rings is 1. The number of nitrogens with one attached hydrogen (secondary N) is 2. The van der Waals surface area contributed by atoms with Crippen molar-refractivity contribution in [2.45, 2.75) is 33.0 Å². The maximum Gasteiger partial charge on any atom is 0.221 e. The van der Waals surface area contributed by atoms with Gasteiger partial charge in [-0.3, -0.25) is 9.78 Å². The summed E-state index contributed by atoms with van der Waals surface area (Å²) in [6.45, 7) is 4.78. The van der Waals surface area contributed by atoms with Gasteiger partial charge in [-0.1, -0.05) is 30.3 Å². The van der Waals surface area contributed by atoms with Crippen LogP contribution in [0.15, 0.2) is 72.9 Å². The van der Waals surface area contributed by atoms with E-state index in [-0.39, 0.29) is 11.9 Å². The molecule has 0 aliphatic rings. The normalized spacial score (nSPS) is 11.6. The minimum absolute atomic E-state index is 0.0692. The van der Waals surface area contributed by atoms with Gasteiger partial charge in [-0.25, -0.2) is 0 Å². The largest absolute Gasteiger partial charge is 0.487 e. The fraction of sp³-hybridized carbons (Fsp3) is 0.217. The molecule has 0 unspecified atom stereocenters. The standard InChI is InChI=1S/C23H25N3O2/c1-17(20-8-6-10-21(14-20)26-18(2)27)25-15-19-7-5-11-23(13-19)28-16-22-9-3-4-12-24-22/h3-14,17,25H,15-16H2,1-2H3,(H,26,27)/t17-/m1/s1. The molecule has 5 nitrogen and oxygen atoms in total. The third-order valence-electron chi connectivity index (χ3n) is 4.33. The average molecular weight is 375 g/mol. The summed E-state index contributed by atoms with van der Waals surface area (Å²) in [6, 6.07) is 21.9. The minimum atomic E-state index is -0.0692. The van der Waals surface area contributed by atoms with E-state index in [1.807, 2.05) is 54.6 Å². The zero-order valence-corrected chi connectivity index (χ0v) is 16.2. The molecular weight excluding hydrogens is 350 g/mol. The SMILES string of the molecule is CC(=O)Nc1cccc([C@@H](C)NCc2cccc(OCc3ccccn3)c2)c1. The molecule has 0 fully saturated rings. The van der Waals surface area contributed by atoms with Crippen LogP contribution < -0.4 is 15.4 Å². The molecule has 0 bridgehead atoms. The fourth-order valence-electron chi connectivity index (χ4n) is 2.86. The van der Waals surface area contributed by atoms with Gasteiger partial charge in [0.05, 0.1) is 5.69 Å². The van der Waals surface area contributed by atoms with Crippen LogP contribution in [-0.4, -0.2) is 10.9 Å². The summed E-state index contributed by atoms with van der Waals surface area (Å²) in [5.74, 6) is 0.755. The van der Waals surface area contributed by atoms with Gasteiger partial charge in [-0.05, 0) is 54.4 Å². The number of aromatic nitrogens is 1. The topological polar surface area (TPSA) is 63.2 Å². The van der Waals surface area contributed by atoms with Gasteiger partial charge >= 0.3 is 0 Å². The monoisotopic (exact) mass is 375 g/mol. The summed E-state index contributed by atoms with van der Waals surface area (Å²) in [5.41, 5.74) is 3.97. The quantitative estimate of drug-likeness (QED) is 0.610.